The highest BCUT2D eigenvalue weighted by molar-refractivity contribution is 7.89. The largest absolute Gasteiger partial charge is 0.444 e. The number of alkyl halides is 3. The highest BCUT2D eigenvalue weighted by Gasteiger charge is 2.31. The molecule has 1 aliphatic heterocycles. The summed E-state index contributed by atoms with van der Waals surface area (Å²) < 4.78 is 70.2. The number of benzene rings is 1. The van der Waals surface area contributed by atoms with E-state index < -0.39 is 21.8 Å². The van der Waals surface area contributed by atoms with Crippen molar-refractivity contribution in [3.05, 3.63) is 47.2 Å². The molecule has 0 spiro atoms. The summed E-state index contributed by atoms with van der Waals surface area (Å²) in [7, 11) is -4.08. The SMILES string of the molecule is Cc1oc(CNS(=O)(=O)c2ccc(C(F)(F)F)cc2)nc1C(=O)N1CCC(C)CC1. The molecule has 1 aromatic heterocycles. The Hall–Kier alpha value is -2.40. The van der Waals surface area contributed by atoms with Crippen LogP contribution >= 0.6 is 0 Å². The summed E-state index contributed by atoms with van der Waals surface area (Å²) in [6.07, 6.45) is -2.74. The lowest BCUT2D eigenvalue weighted by Gasteiger charge is -2.29. The molecule has 1 saturated heterocycles. The molecule has 1 aliphatic rings. The van der Waals surface area contributed by atoms with Gasteiger partial charge in [0.25, 0.3) is 5.91 Å². The fourth-order valence-corrected chi connectivity index (χ4v) is 4.12. The van der Waals surface area contributed by atoms with Gasteiger partial charge in [0.1, 0.15) is 5.76 Å². The number of likely N-dealkylation sites (tertiary alicyclic amines) is 1. The Morgan fingerprint density at radius 3 is 2.40 bits per heavy atom. The van der Waals surface area contributed by atoms with E-state index in [2.05, 4.69) is 16.6 Å². The molecule has 1 aromatic carbocycles. The Bertz CT molecular complexity index is 1010. The zero-order valence-electron chi connectivity index (χ0n) is 16.5. The van der Waals surface area contributed by atoms with E-state index in [1.165, 1.54) is 0 Å². The predicted molar refractivity (Wildman–Crippen MR) is 101 cm³/mol. The molecule has 1 N–H and O–H groups in total. The van der Waals surface area contributed by atoms with E-state index in [1.807, 2.05) is 0 Å². The third-order valence-corrected chi connectivity index (χ3v) is 6.44. The van der Waals surface area contributed by atoms with Crippen LogP contribution in [0.1, 0.15) is 47.5 Å². The molecule has 1 amide bonds. The first kappa shape index (κ1) is 22.3. The molecule has 0 aliphatic carbocycles. The van der Waals surface area contributed by atoms with E-state index in [0.717, 1.165) is 25.0 Å². The van der Waals surface area contributed by atoms with Crippen LogP contribution in [0.4, 0.5) is 13.2 Å². The minimum absolute atomic E-state index is 0.00304. The molecule has 11 heteroatoms. The van der Waals surface area contributed by atoms with Gasteiger partial charge in [-0.05, 0) is 49.9 Å². The van der Waals surface area contributed by atoms with Crippen molar-refractivity contribution in [1.82, 2.24) is 14.6 Å². The molecule has 0 radical (unpaired) electrons. The molecule has 30 heavy (non-hydrogen) atoms. The van der Waals surface area contributed by atoms with Crippen molar-refractivity contribution in [2.45, 2.75) is 44.3 Å². The van der Waals surface area contributed by atoms with Crippen molar-refractivity contribution < 1.29 is 30.8 Å². The molecule has 0 unspecified atom stereocenters. The van der Waals surface area contributed by atoms with Crippen LogP contribution < -0.4 is 4.72 Å². The Labute approximate surface area is 172 Å². The number of amides is 1. The first-order chi connectivity index (χ1) is 14.0. The number of hydrogen-bond donors (Lipinski definition) is 1. The fraction of sp³-hybridized carbons (Fsp3) is 0.474. The second-order valence-corrected chi connectivity index (χ2v) is 9.10. The topological polar surface area (TPSA) is 92.5 Å². The average molecular weight is 445 g/mol. The van der Waals surface area contributed by atoms with Gasteiger partial charge < -0.3 is 9.32 Å². The van der Waals surface area contributed by atoms with Crippen LogP contribution in [0, 0.1) is 12.8 Å². The molecule has 2 heterocycles. The van der Waals surface area contributed by atoms with Gasteiger partial charge in [0.2, 0.25) is 15.9 Å². The summed E-state index contributed by atoms with van der Waals surface area (Å²) >= 11 is 0. The van der Waals surface area contributed by atoms with Crippen molar-refractivity contribution in [1.29, 1.82) is 0 Å². The van der Waals surface area contributed by atoms with E-state index in [1.54, 1.807) is 11.8 Å². The molecule has 164 valence electrons. The molecule has 7 nitrogen and oxygen atoms in total. The van der Waals surface area contributed by atoms with Crippen molar-refractivity contribution in [3.63, 3.8) is 0 Å². The van der Waals surface area contributed by atoms with Gasteiger partial charge in [0.15, 0.2) is 5.69 Å². The molecular formula is C19H22F3N3O4S. The maximum Gasteiger partial charge on any atom is 0.416 e. The number of piperidine rings is 1. The summed E-state index contributed by atoms with van der Waals surface area (Å²) in [5.74, 6) is 0.571. The number of aromatic nitrogens is 1. The number of aryl methyl sites for hydroxylation is 1. The predicted octanol–water partition coefficient (Wildman–Crippen LogP) is 3.35. The van der Waals surface area contributed by atoms with Crippen LogP contribution in [-0.2, 0) is 22.7 Å². The lowest BCUT2D eigenvalue weighted by atomic mass is 9.99. The quantitative estimate of drug-likeness (QED) is 0.762. The second-order valence-electron chi connectivity index (χ2n) is 7.33. The van der Waals surface area contributed by atoms with E-state index in [4.69, 9.17) is 4.42 Å². The van der Waals surface area contributed by atoms with Crippen molar-refractivity contribution in [2.75, 3.05) is 13.1 Å². The molecule has 0 bridgehead atoms. The number of oxazole rings is 1. The smallest absolute Gasteiger partial charge is 0.416 e. The highest BCUT2D eigenvalue weighted by atomic mass is 32.2. The second kappa shape index (κ2) is 8.38. The monoisotopic (exact) mass is 445 g/mol. The minimum atomic E-state index is -4.55. The number of sulfonamides is 1. The van der Waals surface area contributed by atoms with Gasteiger partial charge in [-0.15, -0.1) is 0 Å². The highest BCUT2D eigenvalue weighted by Crippen LogP contribution is 2.29. The number of halogens is 3. The summed E-state index contributed by atoms with van der Waals surface area (Å²) in [5, 5.41) is 0. The molecular weight excluding hydrogens is 423 g/mol. The maximum atomic E-state index is 12.6. The number of hydrogen-bond acceptors (Lipinski definition) is 5. The first-order valence-electron chi connectivity index (χ1n) is 9.40. The van der Waals surface area contributed by atoms with Gasteiger partial charge in [0, 0.05) is 13.1 Å². The Morgan fingerprint density at radius 2 is 1.83 bits per heavy atom. The van der Waals surface area contributed by atoms with Gasteiger partial charge in [-0.2, -0.15) is 13.2 Å². The van der Waals surface area contributed by atoms with Crippen LogP contribution in [0.5, 0.6) is 0 Å². The average Bonchev–Trinajstić information content (AvgIpc) is 3.07. The molecule has 3 rings (SSSR count). The summed E-state index contributed by atoms with van der Waals surface area (Å²) in [5.41, 5.74) is -0.812. The number of nitrogens with one attached hydrogen (secondary N) is 1. The van der Waals surface area contributed by atoms with Gasteiger partial charge in [-0.25, -0.2) is 18.1 Å². The third-order valence-electron chi connectivity index (χ3n) is 5.02. The van der Waals surface area contributed by atoms with Crippen molar-refractivity contribution in [3.8, 4) is 0 Å². The lowest BCUT2D eigenvalue weighted by Crippen LogP contribution is -2.38. The Kier molecular flexibility index (Phi) is 6.23. The van der Waals surface area contributed by atoms with Crippen LogP contribution in [0.15, 0.2) is 33.6 Å². The van der Waals surface area contributed by atoms with Gasteiger partial charge in [-0.1, -0.05) is 6.92 Å². The van der Waals surface area contributed by atoms with Crippen LogP contribution in [0.3, 0.4) is 0 Å². The van der Waals surface area contributed by atoms with Crippen LogP contribution in [-0.4, -0.2) is 37.3 Å². The van der Waals surface area contributed by atoms with Crippen molar-refractivity contribution in [2.24, 2.45) is 5.92 Å². The standard InChI is InChI=1S/C19H22F3N3O4S/c1-12-7-9-25(10-8-12)18(26)17-13(2)29-16(24-17)11-23-30(27,28)15-5-3-14(4-6-15)19(20,21)22/h3-6,12,23H,7-11H2,1-2H3. The molecule has 0 atom stereocenters. The van der Waals surface area contributed by atoms with Gasteiger partial charge >= 0.3 is 6.18 Å². The van der Waals surface area contributed by atoms with E-state index in [0.29, 0.717) is 31.1 Å². The van der Waals surface area contributed by atoms with E-state index >= 15 is 0 Å². The zero-order valence-corrected chi connectivity index (χ0v) is 17.3. The summed E-state index contributed by atoms with van der Waals surface area (Å²) in [6.45, 7) is 4.61. The number of nitrogens with zero attached hydrogens (tertiary/aromatic N) is 2. The normalized spacial score (nSPS) is 16.1. The van der Waals surface area contributed by atoms with E-state index in [-0.39, 0.29) is 34.7 Å². The lowest BCUT2D eigenvalue weighted by molar-refractivity contribution is -0.137. The van der Waals surface area contributed by atoms with Crippen LogP contribution in [0.2, 0.25) is 0 Å². The van der Waals surface area contributed by atoms with E-state index in [9.17, 15) is 26.4 Å². The number of rotatable bonds is 5. The number of carbonyl (C=O) groups is 1. The fourth-order valence-electron chi connectivity index (χ4n) is 3.15. The third kappa shape index (κ3) is 5.01. The first-order valence-corrected chi connectivity index (χ1v) is 10.9. The zero-order chi connectivity index (χ0) is 22.1. The molecule has 0 saturated carbocycles. The van der Waals surface area contributed by atoms with Crippen LogP contribution in [0.25, 0.3) is 0 Å². The molecule has 2 aromatic rings. The van der Waals surface area contributed by atoms with Gasteiger partial charge in [-0.3, -0.25) is 4.79 Å². The summed E-state index contributed by atoms with van der Waals surface area (Å²) in [4.78, 5) is 18.1. The summed E-state index contributed by atoms with van der Waals surface area (Å²) in [6, 6.07) is 3.14. The maximum absolute atomic E-state index is 12.6. The van der Waals surface area contributed by atoms with Crippen molar-refractivity contribution >= 4 is 15.9 Å². The Balaban J connectivity index is 1.67. The molecule has 1 fully saturated rings. The Morgan fingerprint density at radius 1 is 1.23 bits per heavy atom. The minimum Gasteiger partial charge on any atom is -0.444 e. The number of carbonyl (C=O) groups excluding carboxylic acids is 1. The van der Waals surface area contributed by atoms with Gasteiger partial charge in [0.05, 0.1) is 17.0 Å².